The van der Waals surface area contributed by atoms with Gasteiger partial charge in [0.05, 0.1) is 10.6 Å². The van der Waals surface area contributed by atoms with Crippen molar-refractivity contribution >= 4 is 11.6 Å². The van der Waals surface area contributed by atoms with Crippen LogP contribution in [0.25, 0.3) is 11.1 Å². The topological polar surface area (TPSA) is 9.23 Å². The zero-order valence-corrected chi connectivity index (χ0v) is 11.4. The Morgan fingerprint density at radius 2 is 1.50 bits per heavy atom. The molecule has 118 valence electrons. The van der Waals surface area contributed by atoms with Crippen LogP contribution < -0.4 is 4.74 Å². The Morgan fingerprint density at radius 3 is 2.09 bits per heavy atom. The molecule has 0 atom stereocenters. The van der Waals surface area contributed by atoms with Crippen molar-refractivity contribution in [2.75, 3.05) is 0 Å². The Labute approximate surface area is 126 Å². The van der Waals surface area contributed by atoms with Gasteiger partial charge in [0.1, 0.15) is 5.75 Å². The van der Waals surface area contributed by atoms with Crippen molar-refractivity contribution in [3.8, 4) is 16.9 Å². The van der Waals surface area contributed by atoms with E-state index in [0.29, 0.717) is 0 Å². The van der Waals surface area contributed by atoms with Gasteiger partial charge < -0.3 is 4.74 Å². The van der Waals surface area contributed by atoms with Gasteiger partial charge in [0.25, 0.3) is 0 Å². The first-order chi connectivity index (χ1) is 10.1. The second-order valence-electron chi connectivity index (χ2n) is 4.24. The molecule has 0 amide bonds. The predicted molar refractivity (Wildman–Crippen MR) is 68.6 cm³/mol. The summed E-state index contributed by atoms with van der Waals surface area (Å²) in [4.78, 5) is 0. The van der Waals surface area contributed by atoms with Crippen molar-refractivity contribution in [3.63, 3.8) is 0 Å². The third-order valence-electron chi connectivity index (χ3n) is 2.68. The molecule has 0 heterocycles. The third-order valence-corrected chi connectivity index (χ3v) is 3.09. The van der Waals surface area contributed by atoms with Crippen LogP contribution in [0.1, 0.15) is 5.56 Å². The average Bonchev–Trinajstić information content (AvgIpc) is 2.35. The fraction of sp³-hybridized carbons (Fsp3) is 0.143. The van der Waals surface area contributed by atoms with E-state index in [0.717, 1.165) is 24.3 Å². The van der Waals surface area contributed by atoms with E-state index in [1.54, 1.807) is 0 Å². The average molecular weight is 341 g/mol. The molecule has 0 saturated carbocycles. The Morgan fingerprint density at radius 1 is 0.864 bits per heavy atom. The molecule has 0 saturated heterocycles. The molecule has 0 aromatic heterocycles. The highest BCUT2D eigenvalue weighted by molar-refractivity contribution is 6.34. The minimum Gasteiger partial charge on any atom is -0.406 e. The number of hydrogen-bond acceptors (Lipinski definition) is 1. The third kappa shape index (κ3) is 3.85. The maximum absolute atomic E-state index is 12.8. The summed E-state index contributed by atoms with van der Waals surface area (Å²) in [5, 5.41) is -0.584. The van der Waals surface area contributed by atoms with E-state index >= 15 is 0 Å². The number of hydrogen-bond donors (Lipinski definition) is 0. The van der Waals surface area contributed by atoms with Crippen molar-refractivity contribution in [1.29, 1.82) is 0 Å². The number of rotatable bonds is 2. The zero-order chi connectivity index (χ0) is 16.5. The second-order valence-corrected chi connectivity index (χ2v) is 4.62. The molecule has 2 aromatic carbocycles. The first-order valence-electron chi connectivity index (χ1n) is 5.80. The van der Waals surface area contributed by atoms with Crippen LogP contribution >= 0.6 is 11.6 Å². The maximum atomic E-state index is 12.8. The molecule has 2 rings (SSSR count). The van der Waals surface area contributed by atoms with Crippen LogP contribution in [0.2, 0.25) is 5.02 Å². The van der Waals surface area contributed by atoms with E-state index in [4.69, 9.17) is 11.6 Å². The van der Waals surface area contributed by atoms with Crippen molar-refractivity contribution in [3.05, 3.63) is 53.1 Å². The molecule has 0 N–H and O–H groups in total. The molecule has 0 fully saturated rings. The number of halogens is 7. The number of ether oxygens (including phenoxy) is 1. The van der Waals surface area contributed by atoms with Crippen LogP contribution in [0.4, 0.5) is 26.3 Å². The molecule has 2 aromatic rings. The molecule has 0 unspecified atom stereocenters. The minimum absolute atomic E-state index is 0.0379. The van der Waals surface area contributed by atoms with Crippen molar-refractivity contribution < 1.29 is 31.1 Å². The van der Waals surface area contributed by atoms with Gasteiger partial charge in [-0.15, -0.1) is 13.2 Å². The number of alkyl halides is 6. The van der Waals surface area contributed by atoms with Crippen LogP contribution in [-0.2, 0) is 6.18 Å². The Hall–Kier alpha value is -1.89. The fourth-order valence-corrected chi connectivity index (χ4v) is 2.18. The summed E-state index contributed by atoms with van der Waals surface area (Å²) in [6.45, 7) is 0. The first-order valence-corrected chi connectivity index (χ1v) is 6.17. The molecular weight excluding hydrogens is 334 g/mol. The van der Waals surface area contributed by atoms with Gasteiger partial charge in [-0.3, -0.25) is 0 Å². The lowest BCUT2D eigenvalue weighted by molar-refractivity contribution is -0.274. The van der Waals surface area contributed by atoms with Crippen LogP contribution in [0.3, 0.4) is 0 Å². The predicted octanol–water partition coefficient (Wildman–Crippen LogP) is 5.92. The second kappa shape index (κ2) is 5.72. The summed E-state index contributed by atoms with van der Waals surface area (Å²) in [5.74, 6) is -0.543. The van der Waals surface area contributed by atoms with Gasteiger partial charge in [0, 0.05) is 5.56 Å². The smallest absolute Gasteiger partial charge is 0.406 e. The van der Waals surface area contributed by atoms with Crippen LogP contribution in [-0.4, -0.2) is 6.36 Å². The largest absolute Gasteiger partial charge is 0.573 e. The van der Waals surface area contributed by atoms with Gasteiger partial charge in [0.2, 0.25) is 0 Å². The van der Waals surface area contributed by atoms with E-state index in [2.05, 4.69) is 4.74 Å². The molecule has 0 aliphatic carbocycles. The summed E-state index contributed by atoms with van der Waals surface area (Å²) in [6.07, 6.45) is -9.55. The van der Waals surface area contributed by atoms with E-state index in [1.807, 2.05) is 0 Å². The van der Waals surface area contributed by atoms with Crippen LogP contribution in [0.15, 0.2) is 42.5 Å². The molecule has 8 heteroatoms. The lowest BCUT2D eigenvalue weighted by Gasteiger charge is -2.14. The molecule has 22 heavy (non-hydrogen) atoms. The van der Waals surface area contributed by atoms with E-state index in [9.17, 15) is 26.3 Å². The van der Waals surface area contributed by atoms with Crippen molar-refractivity contribution in [2.45, 2.75) is 12.5 Å². The highest BCUT2D eigenvalue weighted by Crippen LogP contribution is 2.40. The molecule has 0 spiro atoms. The molecule has 1 nitrogen and oxygen atoms in total. The molecule has 0 aliphatic rings. The Balaban J connectivity index is 2.47. The Kier molecular flexibility index (Phi) is 4.28. The van der Waals surface area contributed by atoms with E-state index < -0.39 is 28.9 Å². The van der Waals surface area contributed by atoms with Crippen LogP contribution in [0, 0.1) is 0 Å². The first kappa shape index (κ1) is 16.5. The molecule has 0 radical (unpaired) electrons. The van der Waals surface area contributed by atoms with Gasteiger partial charge in [0.15, 0.2) is 0 Å². The summed E-state index contributed by atoms with van der Waals surface area (Å²) < 4.78 is 78.6. The lowest BCUT2D eigenvalue weighted by atomic mass is 10.0. The molecule has 0 aliphatic heterocycles. The Bertz CT molecular complexity index is 678. The molecular formula is C14H7ClF6O. The van der Waals surface area contributed by atoms with Gasteiger partial charge >= 0.3 is 12.5 Å². The van der Waals surface area contributed by atoms with Crippen LogP contribution in [0.5, 0.6) is 5.75 Å². The summed E-state index contributed by atoms with van der Waals surface area (Å²) in [7, 11) is 0. The summed E-state index contributed by atoms with van der Waals surface area (Å²) >= 11 is 5.73. The van der Waals surface area contributed by atoms with E-state index in [1.165, 1.54) is 18.2 Å². The van der Waals surface area contributed by atoms with Crippen molar-refractivity contribution in [2.24, 2.45) is 0 Å². The molecule has 0 bridgehead atoms. The van der Waals surface area contributed by atoms with Crippen molar-refractivity contribution in [1.82, 2.24) is 0 Å². The quantitative estimate of drug-likeness (QED) is 0.616. The van der Waals surface area contributed by atoms with E-state index in [-0.39, 0.29) is 11.1 Å². The fourth-order valence-electron chi connectivity index (χ4n) is 1.83. The monoisotopic (exact) mass is 340 g/mol. The minimum atomic E-state index is -4.89. The van der Waals surface area contributed by atoms with Gasteiger partial charge in [-0.1, -0.05) is 35.9 Å². The SMILES string of the molecule is FC(F)(F)Oc1cccc(-c2cccc(C(F)(F)F)c2Cl)c1. The zero-order valence-electron chi connectivity index (χ0n) is 10.6. The number of benzene rings is 2. The normalized spacial score (nSPS) is 12.3. The lowest BCUT2D eigenvalue weighted by Crippen LogP contribution is -2.17. The standard InChI is InChI=1S/C14H7ClF6O/c15-12-10(5-2-6-11(12)13(16,17)18)8-3-1-4-9(7-8)22-14(19,20)21/h1-7H. The highest BCUT2D eigenvalue weighted by atomic mass is 35.5. The summed E-state index contributed by atoms with van der Waals surface area (Å²) in [5.41, 5.74) is -1.02. The van der Waals surface area contributed by atoms with Gasteiger partial charge in [-0.05, 0) is 23.8 Å². The van der Waals surface area contributed by atoms with Gasteiger partial charge in [-0.2, -0.15) is 13.2 Å². The summed E-state index contributed by atoms with van der Waals surface area (Å²) in [6, 6.07) is 7.78. The van der Waals surface area contributed by atoms with Gasteiger partial charge in [-0.25, -0.2) is 0 Å². The highest BCUT2D eigenvalue weighted by Gasteiger charge is 2.34. The maximum Gasteiger partial charge on any atom is 0.573 e.